The zero-order valence-electron chi connectivity index (χ0n) is 7.48. The van der Waals surface area contributed by atoms with Crippen LogP contribution in [0.5, 0.6) is 0 Å². The van der Waals surface area contributed by atoms with Gasteiger partial charge in [0.1, 0.15) is 0 Å². The standard InChI is InChI=1S/C11H12N2/c12-6-10-8-2-1-3-9(5-4-8)11(10)7-13/h4-5,8-11H,1-3H2. The minimum absolute atomic E-state index is 0.0532. The van der Waals surface area contributed by atoms with Crippen LogP contribution in [0.15, 0.2) is 12.2 Å². The molecule has 0 amide bonds. The normalized spacial score (nSPS) is 42.0. The second kappa shape index (κ2) is 3.23. The minimum atomic E-state index is -0.0532. The van der Waals surface area contributed by atoms with Crippen molar-refractivity contribution < 1.29 is 0 Å². The van der Waals surface area contributed by atoms with Gasteiger partial charge in [0.05, 0.1) is 24.0 Å². The summed E-state index contributed by atoms with van der Waals surface area (Å²) in [6, 6.07) is 4.61. The largest absolute Gasteiger partial charge is 0.198 e. The number of hydrogen-bond donors (Lipinski definition) is 0. The van der Waals surface area contributed by atoms with E-state index in [9.17, 15) is 0 Å². The lowest BCUT2D eigenvalue weighted by molar-refractivity contribution is 0.329. The number of nitrogens with zero attached hydrogens (tertiary/aromatic N) is 2. The average Bonchev–Trinajstić information content (AvgIpc) is 2.49. The van der Waals surface area contributed by atoms with E-state index in [2.05, 4.69) is 24.3 Å². The Kier molecular flexibility index (Phi) is 2.07. The van der Waals surface area contributed by atoms with E-state index in [0.717, 1.165) is 12.8 Å². The predicted octanol–water partition coefficient (Wildman–Crippen LogP) is 2.25. The predicted molar refractivity (Wildman–Crippen MR) is 48.2 cm³/mol. The first-order valence-corrected chi connectivity index (χ1v) is 4.84. The molecule has 2 bridgehead atoms. The molecule has 0 radical (unpaired) electrons. The first kappa shape index (κ1) is 8.32. The van der Waals surface area contributed by atoms with Gasteiger partial charge in [0.15, 0.2) is 0 Å². The van der Waals surface area contributed by atoms with Crippen molar-refractivity contribution in [3.63, 3.8) is 0 Å². The molecule has 0 aromatic rings. The number of nitriles is 2. The quantitative estimate of drug-likeness (QED) is 0.526. The Morgan fingerprint density at radius 2 is 1.38 bits per heavy atom. The van der Waals surface area contributed by atoms with Crippen molar-refractivity contribution in [2.75, 3.05) is 0 Å². The van der Waals surface area contributed by atoms with Crippen molar-refractivity contribution >= 4 is 0 Å². The van der Waals surface area contributed by atoms with Crippen LogP contribution < -0.4 is 0 Å². The summed E-state index contributed by atoms with van der Waals surface area (Å²) in [5.41, 5.74) is 0. The lowest BCUT2D eigenvalue weighted by Crippen LogP contribution is -2.26. The summed E-state index contributed by atoms with van der Waals surface area (Å²) in [5, 5.41) is 18.0. The van der Waals surface area contributed by atoms with Crippen molar-refractivity contribution in [2.24, 2.45) is 23.7 Å². The van der Waals surface area contributed by atoms with E-state index < -0.39 is 0 Å². The molecule has 66 valence electrons. The fraction of sp³-hybridized carbons (Fsp3) is 0.636. The SMILES string of the molecule is N#CC1C2C=CC(CCC2)C1C#N. The number of allylic oxidation sites excluding steroid dienone is 2. The monoisotopic (exact) mass is 172 g/mol. The summed E-state index contributed by atoms with van der Waals surface area (Å²) >= 11 is 0. The Morgan fingerprint density at radius 3 is 1.77 bits per heavy atom. The van der Waals surface area contributed by atoms with Crippen LogP contribution in [-0.2, 0) is 0 Å². The topological polar surface area (TPSA) is 47.6 Å². The van der Waals surface area contributed by atoms with Crippen LogP contribution in [0.2, 0.25) is 0 Å². The first-order valence-electron chi connectivity index (χ1n) is 4.84. The van der Waals surface area contributed by atoms with E-state index in [4.69, 9.17) is 10.5 Å². The lowest BCUT2D eigenvalue weighted by atomic mass is 9.73. The Balaban J connectivity index is 2.34. The van der Waals surface area contributed by atoms with Crippen LogP contribution in [-0.4, -0.2) is 0 Å². The molecule has 2 heteroatoms. The van der Waals surface area contributed by atoms with Gasteiger partial charge >= 0.3 is 0 Å². The highest BCUT2D eigenvalue weighted by Gasteiger charge is 2.38. The Labute approximate surface area is 78.5 Å². The molecule has 2 nitrogen and oxygen atoms in total. The Bertz CT molecular complexity index is 275. The molecular weight excluding hydrogens is 160 g/mol. The van der Waals surface area contributed by atoms with Gasteiger partial charge in [-0.1, -0.05) is 18.6 Å². The van der Waals surface area contributed by atoms with Gasteiger partial charge in [0.2, 0.25) is 0 Å². The molecule has 1 saturated carbocycles. The summed E-state index contributed by atoms with van der Waals surface area (Å²) < 4.78 is 0. The van der Waals surface area contributed by atoms with E-state index in [1.54, 1.807) is 0 Å². The molecule has 0 heterocycles. The number of hydrogen-bond acceptors (Lipinski definition) is 2. The third-order valence-corrected chi connectivity index (χ3v) is 3.29. The molecule has 3 aliphatic carbocycles. The van der Waals surface area contributed by atoms with E-state index in [1.807, 2.05) is 0 Å². The summed E-state index contributed by atoms with van der Waals surface area (Å²) in [5.74, 6) is 0.576. The van der Waals surface area contributed by atoms with E-state index in [-0.39, 0.29) is 11.8 Å². The fourth-order valence-corrected chi connectivity index (χ4v) is 2.55. The maximum absolute atomic E-state index is 9.00. The summed E-state index contributed by atoms with van der Waals surface area (Å²) in [4.78, 5) is 0. The molecule has 0 aliphatic heterocycles. The minimum Gasteiger partial charge on any atom is -0.198 e. The number of fused-ring (bicyclic) bond motifs is 3. The van der Waals surface area contributed by atoms with Crippen LogP contribution >= 0.6 is 0 Å². The van der Waals surface area contributed by atoms with Gasteiger partial charge in [0.25, 0.3) is 0 Å². The molecular formula is C11H12N2. The van der Waals surface area contributed by atoms with Crippen LogP contribution in [0.4, 0.5) is 0 Å². The van der Waals surface area contributed by atoms with E-state index >= 15 is 0 Å². The number of rotatable bonds is 0. The highest BCUT2D eigenvalue weighted by Crippen LogP contribution is 2.41. The molecule has 4 unspecified atom stereocenters. The molecule has 0 aromatic heterocycles. The smallest absolute Gasteiger partial charge is 0.0689 e. The summed E-state index contributed by atoms with van der Waals surface area (Å²) in [7, 11) is 0. The van der Waals surface area contributed by atoms with E-state index in [0.29, 0.717) is 11.8 Å². The summed E-state index contributed by atoms with van der Waals surface area (Å²) in [6.45, 7) is 0. The molecule has 0 saturated heterocycles. The van der Waals surface area contributed by atoms with Crippen molar-refractivity contribution in [2.45, 2.75) is 19.3 Å². The third-order valence-electron chi connectivity index (χ3n) is 3.29. The second-order valence-corrected chi connectivity index (χ2v) is 3.95. The van der Waals surface area contributed by atoms with Crippen molar-refractivity contribution in [3.05, 3.63) is 12.2 Å². The fourth-order valence-electron chi connectivity index (χ4n) is 2.55. The first-order chi connectivity index (χ1) is 6.36. The average molecular weight is 172 g/mol. The second-order valence-electron chi connectivity index (χ2n) is 3.95. The van der Waals surface area contributed by atoms with Gasteiger partial charge < -0.3 is 0 Å². The van der Waals surface area contributed by atoms with Crippen LogP contribution in [0.1, 0.15) is 19.3 Å². The zero-order valence-corrected chi connectivity index (χ0v) is 7.48. The maximum Gasteiger partial charge on any atom is 0.0689 e. The van der Waals surface area contributed by atoms with Crippen LogP contribution in [0.3, 0.4) is 0 Å². The van der Waals surface area contributed by atoms with Gasteiger partial charge in [-0.3, -0.25) is 0 Å². The third kappa shape index (κ3) is 1.23. The molecule has 13 heavy (non-hydrogen) atoms. The lowest BCUT2D eigenvalue weighted by Gasteiger charge is -2.27. The molecule has 3 rings (SSSR count). The van der Waals surface area contributed by atoms with Gasteiger partial charge in [-0.25, -0.2) is 0 Å². The van der Waals surface area contributed by atoms with Crippen molar-refractivity contribution in [1.29, 1.82) is 10.5 Å². The van der Waals surface area contributed by atoms with Crippen molar-refractivity contribution in [3.8, 4) is 12.1 Å². The van der Waals surface area contributed by atoms with E-state index in [1.165, 1.54) is 6.42 Å². The molecule has 3 aliphatic rings. The maximum atomic E-state index is 9.00. The van der Waals surface area contributed by atoms with Crippen LogP contribution in [0, 0.1) is 46.3 Å². The molecule has 0 aromatic carbocycles. The highest BCUT2D eigenvalue weighted by molar-refractivity contribution is 5.17. The Hall–Kier alpha value is -1.28. The van der Waals surface area contributed by atoms with Gasteiger partial charge in [-0.05, 0) is 24.7 Å². The molecule has 1 fully saturated rings. The highest BCUT2D eigenvalue weighted by atomic mass is 14.4. The molecule has 0 spiro atoms. The zero-order chi connectivity index (χ0) is 9.26. The molecule has 0 N–H and O–H groups in total. The van der Waals surface area contributed by atoms with Gasteiger partial charge in [-0.2, -0.15) is 10.5 Å². The van der Waals surface area contributed by atoms with Gasteiger partial charge in [0, 0.05) is 0 Å². The summed E-state index contributed by atoms with van der Waals surface area (Å²) in [6.07, 6.45) is 7.64. The Morgan fingerprint density at radius 1 is 0.923 bits per heavy atom. The molecule has 4 atom stereocenters. The van der Waals surface area contributed by atoms with Gasteiger partial charge in [-0.15, -0.1) is 0 Å². The van der Waals surface area contributed by atoms with Crippen LogP contribution in [0.25, 0.3) is 0 Å². The van der Waals surface area contributed by atoms with Crippen molar-refractivity contribution in [1.82, 2.24) is 0 Å².